The highest BCUT2D eigenvalue weighted by molar-refractivity contribution is 8.00. The molecule has 0 aliphatic carbocycles. The number of benzene rings is 1. The van der Waals surface area contributed by atoms with Gasteiger partial charge in [-0.25, -0.2) is 9.36 Å². The van der Waals surface area contributed by atoms with E-state index in [9.17, 15) is 19.3 Å². The number of carbonyl (C=O) groups is 1. The van der Waals surface area contributed by atoms with E-state index in [4.69, 9.17) is 19.5 Å². The molecular formula is C21H29N4O7PS. The van der Waals surface area contributed by atoms with Crippen molar-refractivity contribution in [1.29, 1.82) is 0 Å². The van der Waals surface area contributed by atoms with Crippen molar-refractivity contribution in [3.63, 3.8) is 0 Å². The first kappa shape index (κ1) is 26.2. The number of anilines is 1. The zero-order chi connectivity index (χ0) is 24.9. The molecule has 5 atom stereocenters. The standard InChI is InChI=1S/C21H29N4O7PS/c1-13(2)31-20(27)14(3)24-33(29,32-15-7-5-4-6-8-15)30-12-16-11-17(26)19(34-16)25-10-9-18(22)23-21(25)28/h4-10,13-14,16-17,19,26H,11-12H2,1-3H3,(H,24,29)(H2,22,23,28)/t14-,16-,17-,19+,33?/m0/s1. The first-order chi connectivity index (χ1) is 16.1. The van der Waals surface area contributed by atoms with Crippen molar-refractivity contribution in [2.24, 2.45) is 0 Å². The minimum Gasteiger partial charge on any atom is -0.462 e. The van der Waals surface area contributed by atoms with Crippen molar-refractivity contribution >= 4 is 31.3 Å². The van der Waals surface area contributed by atoms with Crippen LogP contribution in [0, 0.1) is 0 Å². The van der Waals surface area contributed by atoms with Gasteiger partial charge in [0.2, 0.25) is 0 Å². The van der Waals surface area contributed by atoms with Crippen LogP contribution in [0.5, 0.6) is 5.75 Å². The number of rotatable bonds is 10. The fourth-order valence-corrected chi connectivity index (χ4v) is 6.29. The quantitative estimate of drug-likeness (QED) is 0.317. The van der Waals surface area contributed by atoms with Crippen LogP contribution in [0.15, 0.2) is 47.4 Å². The Morgan fingerprint density at radius 1 is 1.32 bits per heavy atom. The highest BCUT2D eigenvalue weighted by Gasteiger charge is 2.39. The molecule has 0 bridgehead atoms. The molecule has 1 aliphatic heterocycles. The van der Waals surface area contributed by atoms with Gasteiger partial charge in [-0.1, -0.05) is 18.2 Å². The van der Waals surface area contributed by atoms with E-state index in [0.717, 1.165) is 0 Å². The summed E-state index contributed by atoms with van der Waals surface area (Å²) in [6.45, 7) is 4.85. The Bertz CT molecular complexity index is 1080. The zero-order valence-electron chi connectivity index (χ0n) is 19.1. The summed E-state index contributed by atoms with van der Waals surface area (Å²) in [4.78, 5) is 28.1. The Morgan fingerprint density at radius 3 is 2.68 bits per heavy atom. The Kier molecular flexibility index (Phi) is 8.78. The maximum Gasteiger partial charge on any atom is 0.459 e. The molecule has 1 fully saturated rings. The molecule has 4 N–H and O–H groups in total. The van der Waals surface area contributed by atoms with Crippen LogP contribution < -0.4 is 21.0 Å². The van der Waals surface area contributed by atoms with Gasteiger partial charge in [0.15, 0.2) is 0 Å². The van der Waals surface area contributed by atoms with E-state index < -0.39 is 36.9 Å². The van der Waals surface area contributed by atoms with E-state index in [1.807, 2.05) is 0 Å². The highest BCUT2D eigenvalue weighted by atomic mass is 32.2. The molecular weight excluding hydrogens is 483 g/mol. The lowest BCUT2D eigenvalue weighted by atomic mass is 10.2. The summed E-state index contributed by atoms with van der Waals surface area (Å²) in [5, 5.41) is 12.2. The zero-order valence-corrected chi connectivity index (χ0v) is 20.8. The molecule has 1 saturated heterocycles. The lowest BCUT2D eigenvalue weighted by molar-refractivity contribution is -0.149. The van der Waals surface area contributed by atoms with Crippen LogP contribution in [0.2, 0.25) is 0 Å². The molecule has 34 heavy (non-hydrogen) atoms. The molecule has 0 radical (unpaired) electrons. The van der Waals surface area contributed by atoms with Crippen LogP contribution in [-0.4, -0.2) is 50.7 Å². The molecule has 1 aromatic heterocycles. The number of carbonyl (C=O) groups excluding carboxylic acids is 1. The summed E-state index contributed by atoms with van der Waals surface area (Å²) < 4.78 is 31.3. The summed E-state index contributed by atoms with van der Waals surface area (Å²) in [6.07, 6.45) is 0.556. The SMILES string of the molecule is CC(C)OC(=O)[C@H](C)NP(=O)(OC[C@@H]1C[C@H](O)[C@H](n2ccc(N)nc2=O)S1)Oc1ccccc1. The first-order valence-corrected chi connectivity index (χ1v) is 13.2. The number of para-hydroxylation sites is 1. The predicted molar refractivity (Wildman–Crippen MR) is 128 cm³/mol. The summed E-state index contributed by atoms with van der Waals surface area (Å²) in [7, 11) is -4.02. The van der Waals surface area contributed by atoms with Crippen LogP contribution in [0.4, 0.5) is 5.82 Å². The topological polar surface area (TPSA) is 155 Å². The van der Waals surface area contributed by atoms with Crippen molar-refractivity contribution in [1.82, 2.24) is 14.6 Å². The van der Waals surface area contributed by atoms with E-state index in [2.05, 4.69) is 10.1 Å². The molecule has 0 spiro atoms. The molecule has 186 valence electrons. The number of nitrogen functional groups attached to an aromatic ring is 1. The first-order valence-electron chi connectivity index (χ1n) is 10.7. The van der Waals surface area contributed by atoms with Gasteiger partial charge < -0.3 is 20.1 Å². The van der Waals surface area contributed by atoms with E-state index in [1.165, 1.54) is 35.5 Å². The van der Waals surface area contributed by atoms with Crippen molar-refractivity contribution < 1.29 is 28.3 Å². The summed E-state index contributed by atoms with van der Waals surface area (Å²) in [6, 6.07) is 8.93. The summed E-state index contributed by atoms with van der Waals surface area (Å²) in [5.74, 6) is -0.218. The van der Waals surface area contributed by atoms with Gasteiger partial charge in [-0.15, -0.1) is 11.8 Å². The normalized spacial score (nSPS) is 22.8. The van der Waals surface area contributed by atoms with E-state index in [-0.39, 0.29) is 30.2 Å². The molecule has 13 heteroatoms. The van der Waals surface area contributed by atoms with Gasteiger partial charge in [0.25, 0.3) is 0 Å². The molecule has 11 nitrogen and oxygen atoms in total. The predicted octanol–water partition coefficient (Wildman–Crippen LogP) is 2.32. The Hall–Kier alpha value is -2.37. The Morgan fingerprint density at radius 2 is 2.03 bits per heavy atom. The largest absolute Gasteiger partial charge is 0.462 e. The Balaban J connectivity index is 1.70. The number of aliphatic hydroxyl groups excluding tert-OH is 1. The number of nitrogens with two attached hydrogens (primary N) is 1. The van der Waals surface area contributed by atoms with E-state index in [1.54, 1.807) is 44.2 Å². The van der Waals surface area contributed by atoms with Crippen LogP contribution in [-0.2, 0) is 18.6 Å². The Labute approximate surface area is 201 Å². The average Bonchev–Trinajstić information content (AvgIpc) is 3.13. The van der Waals surface area contributed by atoms with Gasteiger partial charge in [0.1, 0.15) is 23.0 Å². The number of nitrogens with zero attached hydrogens (tertiary/aromatic N) is 2. The third kappa shape index (κ3) is 7.07. The van der Waals surface area contributed by atoms with Gasteiger partial charge in [0, 0.05) is 11.4 Å². The molecule has 0 amide bonds. The minimum atomic E-state index is -4.02. The van der Waals surface area contributed by atoms with Crippen molar-refractivity contribution in [3.8, 4) is 5.75 Å². The van der Waals surface area contributed by atoms with Gasteiger partial charge in [-0.3, -0.25) is 13.9 Å². The van der Waals surface area contributed by atoms with Gasteiger partial charge in [-0.05, 0) is 45.4 Å². The third-order valence-corrected chi connectivity index (χ3v) is 7.92. The van der Waals surface area contributed by atoms with Crippen LogP contribution >= 0.6 is 19.5 Å². The highest BCUT2D eigenvalue weighted by Crippen LogP contribution is 2.48. The molecule has 3 rings (SSSR count). The molecule has 1 unspecified atom stereocenters. The number of hydrogen-bond acceptors (Lipinski definition) is 10. The molecule has 1 aliphatic rings. The number of aromatic nitrogens is 2. The smallest absolute Gasteiger partial charge is 0.459 e. The lowest BCUT2D eigenvalue weighted by Gasteiger charge is -2.24. The second kappa shape index (κ2) is 11.4. The van der Waals surface area contributed by atoms with Crippen molar-refractivity contribution in [3.05, 3.63) is 53.1 Å². The maximum atomic E-state index is 13.6. The fourth-order valence-electron chi connectivity index (χ4n) is 3.22. The lowest BCUT2D eigenvalue weighted by Crippen LogP contribution is -2.36. The van der Waals surface area contributed by atoms with E-state index in [0.29, 0.717) is 5.75 Å². The minimum absolute atomic E-state index is 0.0710. The number of hydrogen-bond donors (Lipinski definition) is 3. The molecule has 1 aromatic carbocycles. The fraction of sp³-hybridized carbons (Fsp3) is 0.476. The number of thioether (sulfide) groups is 1. The van der Waals surface area contributed by atoms with Crippen molar-refractivity contribution in [2.75, 3.05) is 12.3 Å². The van der Waals surface area contributed by atoms with Gasteiger partial charge >= 0.3 is 19.4 Å². The summed E-state index contributed by atoms with van der Waals surface area (Å²) >= 11 is 1.28. The second-order valence-corrected chi connectivity index (χ2v) is 11.1. The average molecular weight is 513 g/mol. The second-order valence-electron chi connectivity index (χ2n) is 8.03. The summed E-state index contributed by atoms with van der Waals surface area (Å²) in [5.41, 5.74) is 4.96. The molecule has 2 aromatic rings. The number of ether oxygens (including phenoxy) is 1. The maximum absolute atomic E-state index is 13.6. The number of aliphatic hydroxyl groups is 1. The van der Waals surface area contributed by atoms with Crippen LogP contribution in [0.1, 0.15) is 32.6 Å². The van der Waals surface area contributed by atoms with Gasteiger partial charge in [-0.2, -0.15) is 10.1 Å². The third-order valence-electron chi connectivity index (χ3n) is 4.75. The molecule has 0 saturated carbocycles. The molecule has 2 heterocycles. The number of nitrogens with one attached hydrogen (secondary N) is 1. The van der Waals surface area contributed by atoms with Crippen LogP contribution in [0.3, 0.4) is 0 Å². The van der Waals surface area contributed by atoms with Crippen molar-refractivity contribution in [2.45, 2.75) is 56.1 Å². The van der Waals surface area contributed by atoms with Gasteiger partial charge in [0.05, 0.1) is 18.8 Å². The monoisotopic (exact) mass is 512 g/mol. The number of esters is 1. The van der Waals surface area contributed by atoms with Crippen LogP contribution in [0.25, 0.3) is 0 Å². The van der Waals surface area contributed by atoms with E-state index >= 15 is 0 Å².